The molecule has 0 saturated heterocycles. The third kappa shape index (κ3) is 3.75. The van der Waals surface area contributed by atoms with Crippen LogP contribution in [0.3, 0.4) is 0 Å². The zero-order chi connectivity index (χ0) is 14.4. The van der Waals surface area contributed by atoms with E-state index in [1.54, 1.807) is 0 Å². The Hall–Kier alpha value is -2.00. The summed E-state index contributed by atoms with van der Waals surface area (Å²) in [6.07, 6.45) is 1.66. The summed E-state index contributed by atoms with van der Waals surface area (Å²) in [6.45, 7) is 2.71. The van der Waals surface area contributed by atoms with Crippen LogP contribution in [-0.4, -0.2) is 16.8 Å². The van der Waals surface area contributed by atoms with Gasteiger partial charge in [-0.1, -0.05) is 30.3 Å². The maximum Gasteiger partial charge on any atom is 0.123 e. The highest BCUT2D eigenvalue weighted by Gasteiger charge is 2.03. The van der Waals surface area contributed by atoms with Crippen LogP contribution in [0.1, 0.15) is 23.1 Å². The smallest absolute Gasteiger partial charge is 0.123 e. The van der Waals surface area contributed by atoms with Crippen LogP contribution in [-0.2, 0) is 13.0 Å². The normalized spacial score (nSPS) is 10.5. The van der Waals surface area contributed by atoms with Gasteiger partial charge in [0.15, 0.2) is 0 Å². The van der Waals surface area contributed by atoms with Crippen molar-refractivity contribution in [2.24, 2.45) is 0 Å². The van der Waals surface area contributed by atoms with E-state index < -0.39 is 0 Å². The van der Waals surface area contributed by atoms with Crippen molar-refractivity contribution in [3.63, 3.8) is 0 Å². The largest absolute Gasteiger partial charge is 0.507 e. The minimum Gasteiger partial charge on any atom is -0.507 e. The Labute approximate surface area is 119 Å². The quantitative estimate of drug-likeness (QED) is 0.756. The zero-order valence-corrected chi connectivity index (χ0v) is 11.8. The standard InChI is InChI=1S/C17H21NO2/c1-13-5-2-8-15(17(13)20)12-18-16-9-3-6-14(11-16)7-4-10-19/h2-3,5-6,8-9,11,18-20H,4,7,10,12H2,1H3. The average molecular weight is 271 g/mol. The summed E-state index contributed by atoms with van der Waals surface area (Å²) >= 11 is 0. The average Bonchev–Trinajstić information content (AvgIpc) is 2.47. The van der Waals surface area contributed by atoms with Crippen molar-refractivity contribution in [1.29, 1.82) is 0 Å². The fraction of sp³-hybridized carbons (Fsp3) is 0.294. The summed E-state index contributed by atoms with van der Waals surface area (Å²) in [6, 6.07) is 13.9. The number of rotatable bonds is 6. The number of phenolic OH excluding ortho intramolecular Hbond substituents is 1. The minimum absolute atomic E-state index is 0.217. The first-order valence-electron chi connectivity index (χ1n) is 6.92. The molecule has 0 aromatic heterocycles. The van der Waals surface area contributed by atoms with Gasteiger partial charge in [-0.2, -0.15) is 0 Å². The first-order valence-corrected chi connectivity index (χ1v) is 6.92. The van der Waals surface area contributed by atoms with Crippen molar-refractivity contribution in [2.75, 3.05) is 11.9 Å². The van der Waals surface area contributed by atoms with Crippen LogP contribution in [0.25, 0.3) is 0 Å². The van der Waals surface area contributed by atoms with Crippen LogP contribution < -0.4 is 5.32 Å². The Morgan fingerprint density at radius 2 is 1.90 bits per heavy atom. The fourth-order valence-corrected chi connectivity index (χ4v) is 2.18. The van der Waals surface area contributed by atoms with E-state index in [0.717, 1.165) is 29.7 Å². The maximum absolute atomic E-state index is 9.98. The molecule has 0 heterocycles. The molecule has 3 N–H and O–H groups in total. The van der Waals surface area contributed by atoms with Gasteiger partial charge < -0.3 is 15.5 Å². The topological polar surface area (TPSA) is 52.5 Å². The molecule has 0 fully saturated rings. The van der Waals surface area contributed by atoms with Crippen molar-refractivity contribution in [2.45, 2.75) is 26.3 Å². The number of nitrogens with one attached hydrogen (secondary N) is 1. The molecule has 20 heavy (non-hydrogen) atoms. The van der Waals surface area contributed by atoms with E-state index in [2.05, 4.69) is 17.4 Å². The molecule has 0 aliphatic rings. The molecule has 0 atom stereocenters. The monoisotopic (exact) mass is 271 g/mol. The second-order valence-electron chi connectivity index (χ2n) is 4.96. The number of hydrogen-bond donors (Lipinski definition) is 3. The van der Waals surface area contributed by atoms with Gasteiger partial charge in [0.2, 0.25) is 0 Å². The predicted molar refractivity (Wildman–Crippen MR) is 82.0 cm³/mol. The van der Waals surface area contributed by atoms with Crippen molar-refractivity contribution in [3.05, 3.63) is 59.2 Å². The van der Waals surface area contributed by atoms with Crippen LogP contribution in [0.5, 0.6) is 5.75 Å². The lowest BCUT2D eigenvalue weighted by atomic mass is 10.1. The molecule has 3 nitrogen and oxygen atoms in total. The van der Waals surface area contributed by atoms with E-state index >= 15 is 0 Å². The number of aliphatic hydroxyl groups excluding tert-OH is 1. The van der Waals surface area contributed by atoms with E-state index in [4.69, 9.17) is 5.11 Å². The van der Waals surface area contributed by atoms with Crippen molar-refractivity contribution >= 4 is 5.69 Å². The number of aliphatic hydroxyl groups is 1. The van der Waals surface area contributed by atoms with Crippen molar-refractivity contribution < 1.29 is 10.2 Å². The summed E-state index contributed by atoms with van der Waals surface area (Å²) in [5.41, 5.74) is 4.02. The third-order valence-corrected chi connectivity index (χ3v) is 3.35. The number of aryl methyl sites for hydroxylation is 2. The van der Waals surface area contributed by atoms with E-state index in [1.165, 1.54) is 5.56 Å². The van der Waals surface area contributed by atoms with Gasteiger partial charge in [-0.25, -0.2) is 0 Å². The second kappa shape index (κ2) is 6.96. The number of hydrogen-bond acceptors (Lipinski definition) is 3. The van der Waals surface area contributed by atoms with Gasteiger partial charge in [0.1, 0.15) is 5.75 Å². The number of aromatic hydroxyl groups is 1. The Morgan fingerprint density at radius 1 is 1.10 bits per heavy atom. The fourth-order valence-electron chi connectivity index (χ4n) is 2.18. The Balaban J connectivity index is 2.01. The first kappa shape index (κ1) is 14.4. The highest BCUT2D eigenvalue weighted by Crippen LogP contribution is 2.22. The zero-order valence-electron chi connectivity index (χ0n) is 11.8. The first-order chi connectivity index (χ1) is 9.70. The molecule has 0 bridgehead atoms. The number of phenols is 1. The van der Waals surface area contributed by atoms with Gasteiger partial charge in [-0.15, -0.1) is 0 Å². The lowest BCUT2D eigenvalue weighted by Gasteiger charge is -2.11. The number of para-hydroxylation sites is 1. The molecule has 106 valence electrons. The molecule has 2 aromatic carbocycles. The van der Waals surface area contributed by atoms with Gasteiger partial charge in [0.25, 0.3) is 0 Å². The van der Waals surface area contributed by atoms with E-state index in [0.29, 0.717) is 12.3 Å². The molecule has 2 rings (SSSR count). The summed E-state index contributed by atoms with van der Waals surface area (Å²) in [4.78, 5) is 0. The lowest BCUT2D eigenvalue weighted by molar-refractivity contribution is 0.288. The van der Waals surface area contributed by atoms with Crippen molar-refractivity contribution in [3.8, 4) is 5.75 Å². The van der Waals surface area contributed by atoms with Gasteiger partial charge in [0.05, 0.1) is 0 Å². The summed E-state index contributed by atoms with van der Waals surface area (Å²) < 4.78 is 0. The predicted octanol–water partition coefficient (Wildman–Crippen LogP) is 3.24. The SMILES string of the molecule is Cc1cccc(CNc2cccc(CCCO)c2)c1O. The molecule has 0 aliphatic heterocycles. The molecule has 0 radical (unpaired) electrons. The van der Waals surface area contributed by atoms with Gasteiger partial charge >= 0.3 is 0 Å². The minimum atomic E-state index is 0.217. The third-order valence-electron chi connectivity index (χ3n) is 3.35. The van der Waals surface area contributed by atoms with Crippen molar-refractivity contribution in [1.82, 2.24) is 0 Å². The van der Waals surface area contributed by atoms with Crippen LogP contribution in [0.15, 0.2) is 42.5 Å². The Bertz CT molecular complexity index is 567. The number of anilines is 1. The van der Waals surface area contributed by atoms with Gasteiger partial charge in [-0.05, 0) is 43.0 Å². The summed E-state index contributed by atoms with van der Waals surface area (Å²) in [7, 11) is 0. The molecule has 0 aliphatic carbocycles. The van der Waals surface area contributed by atoms with Crippen LogP contribution in [0.2, 0.25) is 0 Å². The Kier molecular flexibility index (Phi) is 5.02. The second-order valence-corrected chi connectivity index (χ2v) is 4.96. The maximum atomic E-state index is 9.98. The molecule has 0 unspecified atom stereocenters. The van der Waals surface area contributed by atoms with Crippen LogP contribution in [0.4, 0.5) is 5.69 Å². The molecule has 0 saturated carbocycles. The highest BCUT2D eigenvalue weighted by molar-refractivity contribution is 5.48. The lowest BCUT2D eigenvalue weighted by Crippen LogP contribution is -2.01. The van der Waals surface area contributed by atoms with Gasteiger partial charge in [-0.3, -0.25) is 0 Å². The molecular weight excluding hydrogens is 250 g/mol. The van der Waals surface area contributed by atoms with E-state index in [-0.39, 0.29) is 6.61 Å². The molecular formula is C17H21NO2. The van der Waals surface area contributed by atoms with Crippen LogP contribution in [0, 0.1) is 6.92 Å². The molecule has 0 spiro atoms. The van der Waals surface area contributed by atoms with Gasteiger partial charge in [0, 0.05) is 24.4 Å². The Morgan fingerprint density at radius 3 is 2.70 bits per heavy atom. The van der Waals surface area contributed by atoms with Crippen LogP contribution >= 0.6 is 0 Å². The molecule has 2 aromatic rings. The summed E-state index contributed by atoms with van der Waals surface area (Å²) in [5.74, 6) is 0.358. The highest BCUT2D eigenvalue weighted by atomic mass is 16.3. The number of benzene rings is 2. The van der Waals surface area contributed by atoms with E-state index in [9.17, 15) is 5.11 Å². The summed E-state index contributed by atoms with van der Waals surface area (Å²) in [5, 5.41) is 22.2. The molecule has 0 amide bonds. The van der Waals surface area contributed by atoms with E-state index in [1.807, 2.05) is 37.3 Å². The molecule has 3 heteroatoms.